The highest BCUT2D eigenvalue weighted by atomic mass is 35.5. The Hall–Kier alpha value is -2.07. The Morgan fingerprint density at radius 3 is 2.71 bits per heavy atom. The number of nitrogens with zero attached hydrogens (tertiary/aromatic N) is 2. The van der Waals surface area contributed by atoms with Crippen molar-refractivity contribution >= 4 is 28.6 Å². The van der Waals surface area contributed by atoms with Crippen LogP contribution in [0.1, 0.15) is 0 Å². The van der Waals surface area contributed by atoms with Crippen LogP contribution in [0.3, 0.4) is 0 Å². The monoisotopic (exact) mass is 244 g/mol. The first-order valence-electron chi connectivity index (χ1n) is 5.09. The summed E-state index contributed by atoms with van der Waals surface area (Å²) in [5, 5.41) is 1.66. The zero-order valence-electron chi connectivity index (χ0n) is 8.81. The van der Waals surface area contributed by atoms with Crippen molar-refractivity contribution in [3.8, 4) is 11.1 Å². The molecule has 0 atom stereocenters. The summed E-state index contributed by atoms with van der Waals surface area (Å²) in [5.41, 5.74) is 8.37. The maximum absolute atomic E-state index is 5.86. The van der Waals surface area contributed by atoms with Gasteiger partial charge in [-0.3, -0.25) is 0 Å². The molecule has 0 aliphatic rings. The molecule has 3 aromatic rings. The van der Waals surface area contributed by atoms with Crippen LogP contribution in [0, 0.1) is 0 Å². The molecule has 5 heteroatoms. The van der Waals surface area contributed by atoms with Crippen molar-refractivity contribution in [1.29, 1.82) is 0 Å². The molecule has 3 rings (SSSR count). The molecular weight excluding hydrogens is 236 g/mol. The van der Waals surface area contributed by atoms with E-state index in [-0.39, 0.29) is 5.95 Å². The molecule has 0 spiro atoms. The number of rotatable bonds is 1. The molecule has 0 aliphatic heterocycles. The van der Waals surface area contributed by atoms with E-state index >= 15 is 0 Å². The van der Waals surface area contributed by atoms with Crippen molar-refractivity contribution < 1.29 is 0 Å². The van der Waals surface area contributed by atoms with Crippen LogP contribution in [-0.4, -0.2) is 15.0 Å². The molecule has 0 radical (unpaired) electrons. The fourth-order valence-corrected chi connectivity index (χ4v) is 1.92. The van der Waals surface area contributed by atoms with Gasteiger partial charge >= 0.3 is 0 Å². The van der Waals surface area contributed by atoms with Gasteiger partial charge in [0.05, 0.1) is 0 Å². The van der Waals surface area contributed by atoms with Gasteiger partial charge < -0.3 is 10.7 Å². The molecule has 0 unspecified atom stereocenters. The molecule has 0 saturated heterocycles. The lowest BCUT2D eigenvalue weighted by Gasteiger charge is -1.99. The van der Waals surface area contributed by atoms with Crippen LogP contribution in [0.15, 0.2) is 36.7 Å². The first-order chi connectivity index (χ1) is 8.24. The minimum absolute atomic E-state index is 0.266. The van der Waals surface area contributed by atoms with Crippen molar-refractivity contribution in [3.05, 3.63) is 41.7 Å². The second-order valence-electron chi connectivity index (χ2n) is 3.70. The quantitative estimate of drug-likeness (QED) is 0.692. The smallest absolute Gasteiger partial charge is 0.221 e. The standard InChI is InChI=1S/C12H9ClN4/c13-8-3-1-7(2-4-8)9-5-15-11-10(9)6-16-12(14)17-11/h1-6H,(H3,14,15,16,17). The highest BCUT2D eigenvalue weighted by molar-refractivity contribution is 6.30. The van der Waals surface area contributed by atoms with Crippen LogP contribution in [0.5, 0.6) is 0 Å². The lowest BCUT2D eigenvalue weighted by Crippen LogP contribution is -1.93. The topological polar surface area (TPSA) is 67.6 Å². The van der Waals surface area contributed by atoms with Crippen LogP contribution >= 0.6 is 11.6 Å². The summed E-state index contributed by atoms with van der Waals surface area (Å²) in [4.78, 5) is 11.2. The number of aromatic amines is 1. The summed E-state index contributed by atoms with van der Waals surface area (Å²) >= 11 is 5.86. The Kier molecular flexibility index (Phi) is 2.23. The largest absolute Gasteiger partial charge is 0.368 e. The van der Waals surface area contributed by atoms with Gasteiger partial charge in [0.1, 0.15) is 5.65 Å². The fraction of sp³-hybridized carbons (Fsp3) is 0. The summed E-state index contributed by atoms with van der Waals surface area (Å²) in [7, 11) is 0. The zero-order chi connectivity index (χ0) is 11.8. The van der Waals surface area contributed by atoms with Crippen molar-refractivity contribution in [2.45, 2.75) is 0 Å². The van der Waals surface area contributed by atoms with E-state index in [0.29, 0.717) is 5.02 Å². The number of hydrogen-bond acceptors (Lipinski definition) is 3. The molecule has 4 nitrogen and oxygen atoms in total. The molecule has 0 fully saturated rings. The number of benzene rings is 1. The van der Waals surface area contributed by atoms with E-state index in [1.165, 1.54) is 0 Å². The highest BCUT2D eigenvalue weighted by Gasteiger charge is 2.07. The zero-order valence-corrected chi connectivity index (χ0v) is 9.57. The van der Waals surface area contributed by atoms with Gasteiger partial charge in [0.2, 0.25) is 5.95 Å². The minimum Gasteiger partial charge on any atom is -0.368 e. The van der Waals surface area contributed by atoms with Gasteiger partial charge in [-0.05, 0) is 17.7 Å². The molecule has 2 aromatic heterocycles. The van der Waals surface area contributed by atoms with Crippen molar-refractivity contribution in [2.24, 2.45) is 0 Å². The molecule has 17 heavy (non-hydrogen) atoms. The van der Waals surface area contributed by atoms with E-state index in [4.69, 9.17) is 17.3 Å². The van der Waals surface area contributed by atoms with Gasteiger partial charge in [0, 0.05) is 28.4 Å². The molecule has 2 heterocycles. The molecule has 3 N–H and O–H groups in total. The number of anilines is 1. The van der Waals surface area contributed by atoms with E-state index in [9.17, 15) is 0 Å². The summed E-state index contributed by atoms with van der Waals surface area (Å²) < 4.78 is 0. The number of nitrogens with one attached hydrogen (secondary N) is 1. The van der Waals surface area contributed by atoms with Gasteiger partial charge in [-0.25, -0.2) is 4.98 Å². The number of H-pyrrole nitrogens is 1. The van der Waals surface area contributed by atoms with Crippen LogP contribution < -0.4 is 5.73 Å². The van der Waals surface area contributed by atoms with Crippen LogP contribution in [0.4, 0.5) is 5.95 Å². The van der Waals surface area contributed by atoms with E-state index in [1.807, 2.05) is 30.5 Å². The Morgan fingerprint density at radius 2 is 1.94 bits per heavy atom. The summed E-state index contributed by atoms with van der Waals surface area (Å²) in [6.07, 6.45) is 3.61. The lowest BCUT2D eigenvalue weighted by atomic mass is 10.1. The fourth-order valence-electron chi connectivity index (χ4n) is 1.79. The number of halogens is 1. The van der Waals surface area contributed by atoms with Gasteiger partial charge in [-0.15, -0.1) is 0 Å². The number of aromatic nitrogens is 3. The normalized spacial score (nSPS) is 10.9. The molecule has 1 aromatic carbocycles. The predicted octanol–water partition coefficient (Wildman–Crippen LogP) is 2.86. The third-order valence-electron chi connectivity index (χ3n) is 2.61. The van der Waals surface area contributed by atoms with E-state index in [1.54, 1.807) is 6.20 Å². The Bertz CT molecular complexity index is 673. The predicted molar refractivity (Wildman–Crippen MR) is 68.7 cm³/mol. The second kappa shape index (κ2) is 3.75. The molecule has 84 valence electrons. The van der Waals surface area contributed by atoms with Crippen molar-refractivity contribution in [3.63, 3.8) is 0 Å². The first-order valence-corrected chi connectivity index (χ1v) is 5.47. The number of hydrogen-bond donors (Lipinski definition) is 2. The van der Waals surface area contributed by atoms with Crippen LogP contribution in [0.2, 0.25) is 5.02 Å². The first kappa shape index (κ1) is 10.1. The van der Waals surface area contributed by atoms with Crippen molar-refractivity contribution in [1.82, 2.24) is 15.0 Å². The third kappa shape index (κ3) is 1.72. The van der Waals surface area contributed by atoms with Crippen molar-refractivity contribution in [2.75, 3.05) is 5.73 Å². The second-order valence-corrected chi connectivity index (χ2v) is 4.14. The SMILES string of the molecule is Nc1ncc2c(-c3ccc(Cl)cc3)c[nH]c2n1. The van der Waals surface area contributed by atoms with Crippen LogP contribution in [0.25, 0.3) is 22.2 Å². The Morgan fingerprint density at radius 1 is 1.18 bits per heavy atom. The number of nitrogens with two attached hydrogens (primary N) is 1. The number of fused-ring (bicyclic) bond motifs is 1. The van der Waals surface area contributed by atoms with E-state index in [0.717, 1.165) is 22.2 Å². The summed E-state index contributed by atoms with van der Waals surface area (Å²) in [6, 6.07) is 7.63. The Balaban J connectivity index is 2.21. The van der Waals surface area contributed by atoms with Gasteiger partial charge in [-0.1, -0.05) is 23.7 Å². The van der Waals surface area contributed by atoms with Gasteiger partial charge in [0.15, 0.2) is 0 Å². The average Bonchev–Trinajstić information content (AvgIpc) is 2.73. The summed E-state index contributed by atoms with van der Waals surface area (Å²) in [5.74, 6) is 0.266. The maximum Gasteiger partial charge on any atom is 0.221 e. The van der Waals surface area contributed by atoms with E-state index < -0.39 is 0 Å². The van der Waals surface area contributed by atoms with E-state index in [2.05, 4.69) is 15.0 Å². The lowest BCUT2D eigenvalue weighted by molar-refractivity contribution is 1.22. The molecule has 0 bridgehead atoms. The third-order valence-corrected chi connectivity index (χ3v) is 2.86. The molecule has 0 aliphatic carbocycles. The number of nitrogen functional groups attached to an aromatic ring is 1. The average molecular weight is 245 g/mol. The molecule has 0 amide bonds. The highest BCUT2D eigenvalue weighted by Crippen LogP contribution is 2.28. The van der Waals surface area contributed by atoms with Gasteiger partial charge in [-0.2, -0.15) is 4.98 Å². The van der Waals surface area contributed by atoms with Gasteiger partial charge in [0.25, 0.3) is 0 Å². The summed E-state index contributed by atoms with van der Waals surface area (Å²) in [6.45, 7) is 0. The molecule has 0 saturated carbocycles. The van der Waals surface area contributed by atoms with Crippen LogP contribution in [-0.2, 0) is 0 Å². The minimum atomic E-state index is 0.266. The molecular formula is C12H9ClN4. The maximum atomic E-state index is 5.86. The Labute approximate surface area is 102 Å².